The summed E-state index contributed by atoms with van der Waals surface area (Å²) in [5, 5.41) is 22.0. The lowest BCUT2D eigenvalue weighted by molar-refractivity contribution is 0.102. The fourth-order valence-corrected chi connectivity index (χ4v) is 2.58. The number of rotatable bonds is 5. The molecule has 1 fully saturated rings. The molecule has 4 heteroatoms. The van der Waals surface area contributed by atoms with E-state index in [1.165, 1.54) is 0 Å². The summed E-state index contributed by atoms with van der Waals surface area (Å²) in [6, 6.07) is 3.65. The van der Waals surface area contributed by atoms with Gasteiger partial charge in [0.1, 0.15) is 18.1 Å². The first kappa shape index (κ1) is 13.6. The van der Waals surface area contributed by atoms with E-state index < -0.39 is 0 Å². The molecule has 0 aliphatic heterocycles. The minimum Gasteiger partial charge on any atom is -0.462 e. The fourth-order valence-electron chi connectivity index (χ4n) is 2.58. The van der Waals surface area contributed by atoms with E-state index in [2.05, 4.69) is 12.2 Å². The van der Waals surface area contributed by atoms with Crippen LogP contribution in [0.4, 0.5) is 0 Å². The van der Waals surface area contributed by atoms with E-state index in [1.807, 2.05) is 6.07 Å². The Kier molecular flexibility index (Phi) is 4.43. The summed E-state index contributed by atoms with van der Waals surface area (Å²) in [5.41, 5.74) is -0.154. The van der Waals surface area contributed by atoms with Crippen molar-refractivity contribution in [2.24, 2.45) is 5.92 Å². The van der Waals surface area contributed by atoms with Gasteiger partial charge in [-0.1, -0.05) is 6.92 Å². The van der Waals surface area contributed by atoms with Crippen LogP contribution in [0.25, 0.3) is 0 Å². The Morgan fingerprint density at radius 2 is 1.94 bits per heavy atom. The molecule has 2 rings (SSSR count). The van der Waals surface area contributed by atoms with E-state index in [1.54, 1.807) is 6.07 Å². The molecule has 1 aromatic rings. The van der Waals surface area contributed by atoms with Crippen LogP contribution in [0.2, 0.25) is 0 Å². The van der Waals surface area contributed by atoms with E-state index in [-0.39, 0.29) is 18.8 Å². The molecule has 1 aromatic heterocycles. The highest BCUT2D eigenvalue weighted by Gasteiger charge is 2.33. The van der Waals surface area contributed by atoms with Crippen LogP contribution in [0, 0.1) is 5.92 Å². The lowest BCUT2D eigenvalue weighted by Crippen LogP contribution is -2.50. The van der Waals surface area contributed by atoms with E-state index in [4.69, 9.17) is 9.52 Å². The number of aliphatic hydroxyl groups excluding tert-OH is 2. The lowest BCUT2D eigenvalue weighted by atomic mass is 9.77. The van der Waals surface area contributed by atoms with Gasteiger partial charge in [-0.2, -0.15) is 0 Å². The average molecular weight is 253 g/mol. The van der Waals surface area contributed by atoms with Gasteiger partial charge in [-0.3, -0.25) is 0 Å². The van der Waals surface area contributed by atoms with Crippen LogP contribution in [0.5, 0.6) is 0 Å². The van der Waals surface area contributed by atoms with Crippen molar-refractivity contribution >= 4 is 0 Å². The normalized spacial score (nSPS) is 28.5. The fraction of sp³-hybridized carbons (Fsp3) is 0.714. The molecule has 0 saturated heterocycles. The lowest BCUT2D eigenvalue weighted by Gasteiger charge is -2.38. The minimum atomic E-state index is -0.154. The third kappa shape index (κ3) is 3.13. The Labute approximate surface area is 108 Å². The zero-order valence-electron chi connectivity index (χ0n) is 11.0. The summed E-state index contributed by atoms with van der Waals surface area (Å²) in [4.78, 5) is 0. The molecule has 1 aliphatic carbocycles. The van der Waals surface area contributed by atoms with Crippen molar-refractivity contribution in [1.82, 2.24) is 5.32 Å². The third-order valence-corrected chi connectivity index (χ3v) is 4.04. The van der Waals surface area contributed by atoms with Crippen molar-refractivity contribution in [3.63, 3.8) is 0 Å². The second-order valence-corrected chi connectivity index (χ2v) is 5.50. The molecule has 0 unspecified atom stereocenters. The molecule has 1 aliphatic rings. The van der Waals surface area contributed by atoms with Crippen LogP contribution in [0.1, 0.15) is 44.1 Å². The predicted molar refractivity (Wildman–Crippen MR) is 68.9 cm³/mol. The Balaban J connectivity index is 1.90. The van der Waals surface area contributed by atoms with Crippen molar-refractivity contribution in [2.45, 2.75) is 51.3 Å². The number of aliphatic hydroxyl groups is 2. The van der Waals surface area contributed by atoms with Gasteiger partial charge in [0.15, 0.2) is 0 Å². The van der Waals surface area contributed by atoms with Gasteiger partial charge in [0, 0.05) is 5.54 Å². The van der Waals surface area contributed by atoms with E-state index in [0.29, 0.717) is 12.3 Å². The minimum absolute atomic E-state index is 0.0668. The molecule has 0 spiro atoms. The number of nitrogens with one attached hydrogen (secondary N) is 1. The van der Waals surface area contributed by atoms with Crippen LogP contribution in [-0.2, 0) is 13.2 Å². The molecule has 0 aromatic carbocycles. The highest BCUT2D eigenvalue weighted by Crippen LogP contribution is 2.31. The molecule has 1 heterocycles. The number of furan rings is 1. The van der Waals surface area contributed by atoms with E-state index in [9.17, 15) is 5.11 Å². The first-order valence-corrected chi connectivity index (χ1v) is 6.72. The van der Waals surface area contributed by atoms with Crippen molar-refractivity contribution in [2.75, 3.05) is 6.61 Å². The molecule has 0 atom stereocenters. The second-order valence-electron chi connectivity index (χ2n) is 5.50. The Hall–Kier alpha value is -0.840. The predicted octanol–water partition coefficient (Wildman–Crippen LogP) is 1.80. The molecular formula is C14H23NO3. The van der Waals surface area contributed by atoms with Gasteiger partial charge in [-0.15, -0.1) is 0 Å². The van der Waals surface area contributed by atoms with Crippen LogP contribution in [0.15, 0.2) is 16.5 Å². The van der Waals surface area contributed by atoms with Crippen molar-refractivity contribution < 1.29 is 14.6 Å². The van der Waals surface area contributed by atoms with Gasteiger partial charge in [0.2, 0.25) is 0 Å². The van der Waals surface area contributed by atoms with Gasteiger partial charge in [0.25, 0.3) is 0 Å². The Bertz CT molecular complexity index is 367. The topological polar surface area (TPSA) is 65.6 Å². The summed E-state index contributed by atoms with van der Waals surface area (Å²) in [7, 11) is 0. The smallest absolute Gasteiger partial charge is 0.129 e. The SMILES string of the molecule is CC1CCC(CO)(NCc2ccc(CO)o2)CC1. The summed E-state index contributed by atoms with van der Waals surface area (Å²) >= 11 is 0. The summed E-state index contributed by atoms with van der Waals surface area (Å²) in [5.74, 6) is 2.16. The Morgan fingerprint density at radius 3 is 2.50 bits per heavy atom. The second kappa shape index (κ2) is 5.87. The summed E-state index contributed by atoms with van der Waals surface area (Å²) in [6.45, 7) is 2.98. The summed E-state index contributed by atoms with van der Waals surface area (Å²) < 4.78 is 5.44. The maximum absolute atomic E-state index is 9.62. The van der Waals surface area contributed by atoms with Gasteiger partial charge in [0.05, 0.1) is 13.2 Å². The molecule has 0 amide bonds. The zero-order valence-corrected chi connectivity index (χ0v) is 11.0. The molecular weight excluding hydrogens is 230 g/mol. The molecule has 1 saturated carbocycles. The van der Waals surface area contributed by atoms with Crippen LogP contribution >= 0.6 is 0 Å². The standard InChI is InChI=1S/C14H23NO3/c1-11-4-6-14(10-17,7-5-11)15-8-12-2-3-13(9-16)18-12/h2-3,11,15-17H,4-10H2,1H3. The molecule has 102 valence electrons. The molecule has 3 N–H and O–H groups in total. The van der Waals surface area contributed by atoms with Crippen molar-refractivity contribution in [1.29, 1.82) is 0 Å². The third-order valence-electron chi connectivity index (χ3n) is 4.04. The van der Waals surface area contributed by atoms with Crippen LogP contribution < -0.4 is 5.32 Å². The number of hydrogen-bond donors (Lipinski definition) is 3. The van der Waals surface area contributed by atoms with Gasteiger partial charge >= 0.3 is 0 Å². The highest BCUT2D eigenvalue weighted by molar-refractivity contribution is 5.07. The number of hydrogen-bond acceptors (Lipinski definition) is 4. The van der Waals surface area contributed by atoms with Crippen LogP contribution in [0.3, 0.4) is 0 Å². The molecule has 4 nitrogen and oxygen atoms in total. The quantitative estimate of drug-likeness (QED) is 0.748. The first-order chi connectivity index (χ1) is 8.67. The molecule has 0 radical (unpaired) electrons. The highest BCUT2D eigenvalue weighted by atomic mass is 16.4. The summed E-state index contributed by atoms with van der Waals surface area (Å²) in [6.07, 6.45) is 4.34. The molecule has 0 bridgehead atoms. The average Bonchev–Trinajstić information content (AvgIpc) is 2.87. The van der Waals surface area contributed by atoms with E-state index >= 15 is 0 Å². The first-order valence-electron chi connectivity index (χ1n) is 6.72. The molecule has 18 heavy (non-hydrogen) atoms. The maximum atomic E-state index is 9.62. The maximum Gasteiger partial charge on any atom is 0.129 e. The van der Waals surface area contributed by atoms with Gasteiger partial charge < -0.3 is 19.9 Å². The van der Waals surface area contributed by atoms with Crippen molar-refractivity contribution in [3.8, 4) is 0 Å². The van der Waals surface area contributed by atoms with E-state index in [0.717, 1.165) is 37.4 Å². The van der Waals surface area contributed by atoms with Gasteiger partial charge in [-0.25, -0.2) is 0 Å². The van der Waals surface area contributed by atoms with Crippen molar-refractivity contribution in [3.05, 3.63) is 23.7 Å². The monoisotopic (exact) mass is 253 g/mol. The zero-order chi connectivity index (χ0) is 13.0. The van der Waals surface area contributed by atoms with Crippen LogP contribution in [-0.4, -0.2) is 22.4 Å². The Morgan fingerprint density at radius 1 is 1.28 bits per heavy atom. The largest absolute Gasteiger partial charge is 0.462 e. The van der Waals surface area contributed by atoms with Gasteiger partial charge in [-0.05, 0) is 43.7 Å².